The van der Waals surface area contributed by atoms with E-state index in [9.17, 15) is 14.3 Å². The molecule has 276 valence electrons. The summed E-state index contributed by atoms with van der Waals surface area (Å²) in [6, 6.07) is 0. The molecule has 2 unspecified atom stereocenters. The molecule has 9 heteroatoms. The maximum absolute atomic E-state index is 12.2. The first-order chi connectivity index (χ1) is 22.1. The third-order valence-corrected chi connectivity index (χ3v) is 9.56. The van der Waals surface area contributed by atoms with Crippen molar-refractivity contribution in [1.29, 1.82) is 0 Å². The highest BCUT2D eigenvalue weighted by Gasteiger charge is 2.16. The number of rotatable bonds is 37. The van der Waals surface area contributed by atoms with Gasteiger partial charge in [0, 0.05) is 13.5 Å². The van der Waals surface area contributed by atoms with Crippen LogP contribution in [0.25, 0.3) is 0 Å². The molecule has 0 saturated heterocycles. The van der Waals surface area contributed by atoms with Crippen molar-refractivity contribution in [3.05, 3.63) is 0 Å². The number of phosphoric acid groups is 1. The van der Waals surface area contributed by atoms with E-state index in [0.29, 0.717) is 12.8 Å². The van der Waals surface area contributed by atoms with E-state index in [1.165, 1.54) is 136 Å². The van der Waals surface area contributed by atoms with Gasteiger partial charge in [-0.25, -0.2) is 0 Å². The standard InChI is InChI=1S/C37H76NO7P/c1-6-7-8-9-10-11-12-13-14-15-16-17-18-21-24-27-30-36(39)33-43-34-37(42-5)35-45-46(40,41)44-32-29-26-23-20-19-22-25-28-31-38(2,3)4/h37H,6-35H2,1-5H3. The third-order valence-electron chi connectivity index (χ3n) is 8.60. The van der Waals surface area contributed by atoms with Crippen LogP contribution in [-0.4, -0.2) is 77.6 Å². The van der Waals surface area contributed by atoms with Crippen LogP contribution in [-0.2, 0) is 27.9 Å². The maximum Gasteiger partial charge on any atom is 0.267 e. The molecule has 0 spiro atoms. The molecular weight excluding hydrogens is 601 g/mol. The van der Waals surface area contributed by atoms with Crippen LogP contribution in [0.4, 0.5) is 0 Å². The Kier molecular flexibility index (Phi) is 31.7. The first-order valence-electron chi connectivity index (χ1n) is 19.1. The zero-order valence-corrected chi connectivity index (χ0v) is 31.9. The smallest absolute Gasteiger partial charge is 0.267 e. The second-order valence-corrected chi connectivity index (χ2v) is 15.8. The Morgan fingerprint density at radius 3 is 1.52 bits per heavy atom. The fraction of sp³-hybridized carbons (Fsp3) is 0.973. The molecule has 8 nitrogen and oxygen atoms in total. The molecule has 0 aliphatic heterocycles. The van der Waals surface area contributed by atoms with Gasteiger partial charge in [-0.1, -0.05) is 135 Å². The van der Waals surface area contributed by atoms with E-state index in [-0.39, 0.29) is 32.2 Å². The van der Waals surface area contributed by atoms with Crippen LogP contribution in [0, 0.1) is 0 Å². The first-order valence-corrected chi connectivity index (χ1v) is 20.6. The molecule has 0 N–H and O–H groups in total. The fourth-order valence-corrected chi connectivity index (χ4v) is 6.34. The van der Waals surface area contributed by atoms with Crippen LogP contribution in [0.3, 0.4) is 0 Å². The number of ketones is 1. The van der Waals surface area contributed by atoms with E-state index >= 15 is 0 Å². The Hall–Kier alpha value is -0.340. The monoisotopic (exact) mass is 678 g/mol. The molecule has 0 aromatic heterocycles. The number of unbranched alkanes of at least 4 members (excludes halogenated alkanes) is 22. The SMILES string of the molecule is CCCCCCCCCCCCCCCCCCC(=O)COCC(COP(=O)([O-])OCCCCCCCCCC[N+](C)(C)C)OC. The predicted octanol–water partition coefficient (Wildman–Crippen LogP) is 9.57. The maximum atomic E-state index is 12.2. The van der Waals surface area contributed by atoms with Gasteiger partial charge in [0.25, 0.3) is 7.82 Å². The molecule has 46 heavy (non-hydrogen) atoms. The van der Waals surface area contributed by atoms with Crippen LogP contribution in [0.15, 0.2) is 0 Å². The highest BCUT2D eigenvalue weighted by atomic mass is 31.2. The summed E-state index contributed by atoms with van der Waals surface area (Å²) in [7, 11) is 3.76. The summed E-state index contributed by atoms with van der Waals surface area (Å²) < 4.78 is 33.9. The Labute approximate surface area is 285 Å². The van der Waals surface area contributed by atoms with Gasteiger partial charge in [-0.05, 0) is 25.7 Å². The van der Waals surface area contributed by atoms with E-state index in [0.717, 1.165) is 30.2 Å². The quantitative estimate of drug-likeness (QED) is 0.0367. The summed E-state index contributed by atoms with van der Waals surface area (Å²) in [6.07, 6.45) is 29.8. The molecule has 0 aromatic rings. The van der Waals surface area contributed by atoms with Crippen molar-refractivity contribution in [3.8, 4) is 0 Å². The lowest BCUT2D eigenvalue weighted by Crippen LogP contribution is -2.35. The number of phosphoric ester groups is 1. The minimum atomic E-state index is -4.39. The molecular formula is C37H76NO7P. The second-order valence-electron chi connectivity index (χ2n) is 14.4. The number of carbonyl (C=O) groups is 1. The topological polar surface area (TPSA) is 94.1 Å². The van der Waals surface area contributed by atoms with Crippen molar-refractivity contribution in [1.82, 2.24) is 0 Å². The molecule has 2 atom stereocenters. The van der Waals surface area contributed by atoms with Crippen LogP contribution < -0.4 is 4.89 Å². The number of hydrogen-bond acceptors (Lipinski definition) is 7. The molecule has 0 radical (unpaired) electrons. The van der Waals surface area contributed by atoms with Gasteiger partial charge in [0.2, 0.25) is 0 Å². The number of hydrogen-bond donors (Lipinski definition) is 0. The van der Waals surface area contributed by atoms with E-state index < -0.39 is 13.9 Å². The van der Waals surface area contributed by atoms with E-state index in [4.69, 9.17) is 18.5 Å². The van der Waals surface area contributed by atoms with Crippen LogP contribution in [0.5, 0.6) is 0 Å². The van der Waals surface area contributed by atoms with Crippen molar-refractivity contribution in [3.63, 3.8) is 0 Å². The molecule has 0 heterocycles. The van der Waals surface area contributed by atoms with E-state index in [1.54, 1.807) is 0 Å². The Balaban J connectivity index is 3.61. The molecule has 0 aliphatic carbocycles. The molecule has 0 aliphatic rings. The Morgan fingerprint density at radius 1 is 0.630 bits per heavy atom. The number of quaternary nitrogens is 1. The number of nitrogens with zero attached hydrogens (tertiary/aromatic N) is 1. The van der Waals surface area contributed by atoms with Crippen molar-refractivity contribution >= 4 is 13.6 Å². The average Bonchev–Trinajstić information content (AvgIpc) is 3.00. The summed E-state index contributed by atoms with van der Waals surface area (Å²) in [5, 5.41) is 0. The van der Waals surface area contributed by atoms with Gasteiger partial charge in [-0.3, -0.25) is 9.36 Å². The van der Waals surface area contributed by atoms with Crippen LogP contribution >= 0.6 is 7.82 Å². The number of carbonyl (C=O) groups excluding carboxylic acids is 1. The highest BCUT2D eigenvalue weighted by molar-refractivity contribution is 7.45. The summed E-state index contributed by atoms with van der Waals surface area (Å²) in [6.45, 7) is 3.53. The first kappa shape index (κ1) is 45.7. The lowest BCUT2D eigenvalue weighted by atomic mass is 10.0. The van der Waals surface area contributed by atoms with Crippen molar-refractivity contribution in [2.45, 2.75) is 174 Å². The van der Waals surface area contributed by atoms with Crippen molar-refractivity contribution in [2.75, 3.05) is 61.2 Å². The predicted molar refractivity (Wildman–Crippen MR) is 190 cm³/mol. The molecule has 0 saturated carbocycles. The molecule has 0 fully saturated rings. The molecule has 0 amide bonds. The number of Topliss-reactive ketones (excluding diaryl/α,β-unsaturated/α-hetero) is 1. The summed E-state index contributed by atoms with van der Waals surface area (Å²) in [4.78, 5) is 24.3. The van der Waals surface area contributed by atoms with Gasteiger partial charge >= 0.3 is 0 Å². The molecule has 0 rings (SSSR count). The zero-order chi connectivity index (χ0) is 34.2. The minimum Gasteiger partial charge on any atom is -0.756 e. The van der Waals surface area contributed by atoms with E-state index in [2.05, 4.69) is 28.1 Å². The van der Waals surface area contributed by atoms with Gasteiger partial charge in [0.05, 0.1) is 47.5 Å². The second kappa shape index (κ2) is 31.9. The summed E-state index contributed by atoms with van der Waals surface area (Å²) in [5.74, 6) is 0.0684. The van der Waals surface area contributed by atoms with Gasteiger partial charge in [-0.2, -0.15) is 0 Å². The van der Waals surface area contributed by atoms with Crippen LogP contribution in [0.2, 0.25) is 0 Å². The number of methoxy groups -OCH3 is 1. The van der Waals surface area contributed by atoms with Crippen LogP contribution in [0.1, 0.15) is 167 Å². The third kappa shape index (κ3) is 35.0. The fourth-order valence-electron chi connectivity index (χ4n) is 5.57. The van der Waals surface area contributed by atoms with E-state index in [1.807, 2.05) is 0 Å². The Bertz CT molecular complexity index is 716. The van der Waals surface area contributed by atoms with Gasteiger partial charge in [0.15, 0.2) is 5.78 Å². The molecule has 0 aromatic carbocycles. The zero-order valence-electron chi connectivity index (χ0n) is 31.0. The van der Waals surface area contributed by atoms with Gasteiger partial charge < -0.3 is 27.9 Å². The summed E-state index contributed by atoms with van der Waals surface area (Å²) in [5.41, 5.74) is 0. The molecule has 0 bridgehead atoms. The van der Waals surface area contributed by atoms with Gasteiger partial charge in [-0.15, -0.1) is 0 Å². The Morgan fingerprint density at radius 2 is 1.07 bits per heavy atom. The lowest BCUT2D eigenvalue weighted by molar-refractivity contribution is -0.870. The van der Waals surface area contributed by atoms with Crippen molar-refractivity contribution in [2.24, 2.45) is 0 Å². The van der Waals surface area contributed by atoms with Gasteiger partial charge in [0.1, 0.15) is 12.7 Å². The number of ether oxygens (including phenoxy) is 2. The largest absolute Gasteiger partial charge is 0.756 e. The van der Waals surface area contributed by atoms with Crippen molar-refractivity contribution < 1.29 is 37.3 Å². The normalized spacial score (nSPS) is 14.0. The summed E-state index contributed by atoms with van der Waals surface area (Å²) >= 11 is 0. The average molecular weight is 678 g/mol. The lowest BCUT2D eigenvalue weighted by Gasteiger charge is -2.25. The minimum absolute atomic E-state index is 0.0142. The highest BCUT2D eigenvalue weighted by Crippen LogP contribution is 2.38.